The number of carbonyl (C=O) groups is 1. The maximum Gasteiger partial charge on any atom is 0.330 e. The normalized spacial score (nSPS) is 14.4. The van der Waals surface area contributed by atoms with Crippen LogP contribution in [-0.4, -0.2) is 23.8 Å². The van der Waals surface area contributed by atoms with Gasteiger partial charge in [0.1, 0.15) is 0 Å². The van der Waals surface area contributed by atoms with E-state index in [4.69, 9.17) is 4.74 Å². The van der Waals surface area contributed by atoms with Gasteiger partial charge in [0.05, 0.1) is 12.7 Å². The maximum atomic E-state index is 11.4. The standard InChI is InChI=1S/C15H20O3/c1-3-14(16)12(2)11-18-15(17)10-9-13-7-5-4-6-8-13/h4-10,12,14,16H,3,11H2,1-2H3/b10-9+. The van der Waals surface area contributed by atoms with Crippen molar-refractivity contribution in [1.29, 1.82) is 0 Å². The number of carbonyl (C=O) groups excluding carboxylic acids is 1. The zero-order valence-electron chi connectivity index (χ0n) is 10.9. The third-order valence-corrected chi connectivity index (χ3v) is 2.78. The summed E-state index contributed by atoms with van der Waals surface area (Å²) in [6.45, 7) is 4.01. The second-order valence-electron chi connectivity index (χ2n) is 4.33. The van der Waals surface area contributed by atoms with E-state index in [1.807, 2.05) is 44.2 Å². The molecule has 0 amide bonds. The molecule has 3 nitrogen and oxygen atoms in total. The molecule has 0 bridgehead atoms. The van der Waals surface area contributed by atoms with Crippen LogP contribution in [0.1, 0.15) is 25.8 Å². The van der Waals surface area contributed by atoms with Gasteiger partial charge in [-0.3, -0.25) is 0 Å². The molecule has 0 saturated heterocycles. The van der Waals surface area contributed by atoms with Gasteiger partial charge in [-0.05, 0) is 18.1 Å². The zero-order valence-corrected chi connectivity index (χ0v) is 10.9. The molecule has 1 aromatic carbocycles. The van der Waals surface area contributed by atoms with Crippen LogP contribution in [-0.2, 0) is 9.53 Å². The lowest BCUT2D eigenvalue weighted by molar-refractivity contribution is -0.139. The van der Waals surface area contributed by atoms with Gasteiger partial charge in [-0.1, -0.05) is 44.2 Å². The highest BCUT2D eigenvalue weighted by atomic mass is 16.5. The molecule has 2 unspecified atom stereocenters. The monoisotopic (exact) mass is 248 g/mol. The first-order chi connectivity index (χ1) is 8.63. The first kappa shape index (κ1) is 14.5. The minimum atomic E-state index is -0.420. The quantitative estimate of drug-likeness (QED) is 0.622. The number of hydrogen-bond acceptors (Lipinski definition) is 3. The third kappa shape index (κ3) is 5.15. The molecular weight excluding hydrogens is 228 g/mol. The Morgan fingerprint density at radius 3 is 2.67 bits per heavy atom. The van der Waals surface area contributed by atoms with Crippen molar-refractivity contribution in [2.24, 2.45) is 5.92 Å². The van der Waals surface area contributed by atoms with Gasteiger partial charge in [0.15, 0.2) is 0 Å². The van der Waals surface area contributed by atoms with Crippen molar-refractivity contribution in [3.05, 3.63) is 42.0 Å². The number of esters is 1. The Kier molecular flexibility index (Phi) is 6.15. The molecule has 0 radical (unpaired) electrons. The summed E-state index contributed by atoms with van der Waals surface area (Å²) in [6, 6.07) is 9.55. The average molecular weight is 248 g/mol. The van der Waals surface area contributed by atoms with E-state index >= 15 is 0 Å². The van der Waals surface area contributed by atoms with Crippen molar-refractivity contribution in [3.63, 3.8) is 0 Å². The lowest BCUT2D eigenvalue weighted by Crippen LogP contribution is -2.22. The van der Waals surface area contributed by atoms with E-state index in [2.05, 4.69) is 0 Å². The molecule has 0 saturated carbocycles. The Hall–Kier alpha value is -1.61. The largest absolute Gasteiger partial charge is 0.462 e. The van der Waals surface area contributed by atoms with Crippen LogP contribution < -0.4 is 0 Å². The van der Waals surface area contributed by atoms with E-state index in [1.165, 1.54) is 6.08 Å². The third-order valence-electron chi connectivity index (χ3n) is 2.78. The van der Waals surface area contributed by atoms with Gasteiger partial charge in [-0.15, -0.1) is 0 Å². The topological polar surface area (TPSA) is 46.5 Å². The van der Waals surface area contributed by atoms with Gasteiger partial charge in [0.2, 0.25) is 0 Å². The molecule has 0 spiro atoms. The van der Waals surface area contributed by atoms with Gasteiger partial charge >= 0.3 is 5.97 Å². The SMILES string of the molecule is CCC(O)C(C)COC(=O)/C=C/c1ccccc1. The van der Waals surface area contributed by atoms with Crippen LogP contribution in [0.4, 0.5) is 0 Å². The van der Waals surface area contributed by atoms with Crippen LogP contribution in [0, 0.1) is 5.92 Å². The van der Waals surface area contributed by atoms with E-state index in [-0.39, 0.29) is 18.5 Å². The Bertz CT molecular complexity index is 384. The molecule has 2 atom stereocenters. The van der Waals surface area contributed by atoms with E-state index in [9.17, 15) is 9.90 Å². The number of ether oxygens (including phenoxy) is 1. The lowest BCUT2D eigenvalue weighted by Gasteiger charge is -2.16. The van der Waals surface area contributed by atoms with Gasteiger partial charge < -0.3 is 9.84 Å². The summed E-state index contributed by atoms with van der Waals surface area (Å²) in [6.07, 6.45) is 3.36. The Morgan fingerprint density at radius 1 is 1.39 bits per heavy atom. The van der Waals surface area contributed by atoms with Crippen molar-refractivity contribution < 1.29 is 14.6 Å². The van der Waals surface area contributed by atoms with E-state index in [0.717, 1.165) is 5.56 Å². The average Bonchev–Trinajstić information content (AvgIpc) is 2.42. The summed E-state index contributed by atoms with van der Waals surface area (Å²) in [5.74, 6) is -0.418. The van der Waals surface area contributed by atoms with Gasteiger partial charge in [-0.2, -0.15) is 0 Å². The fraction of sp³-hybridized carbons (Fsp3) is 0.400. The smallest absolute Gasteiger partial charge is 0.330 e. The number of rotatable bonds is 6. The molecular formula is C15H20O3. The molecule has 0 aromatic heterocycles. The van der Waals surface area contributed by atoms with Crippen molar-refractivity contribution in [2.75, 3.05) is 6.61 Å². The molecule has 1 rings (SSSR count). The van der Waals surface area contributed by atoms with Gasteiger partial charge in [0.25, 0.3) is 0 Å². The van der Waals surface area contributed by atoms with Crippen LogP contribution in [0.3, 0.4) is 0 Å². The minimum absolute atomic E-state index is 0.0379. The van der Waals surface area contributed by atoms with Gasteiger partial charge in [-0.25, -0.2) is 4.79 Å². The highest BCUT2D eigenvalue weighted by Crippen LogP contribution is 2.07. The van der Waals surface area contributed by atoms with Crippen LogP contribution in [0.5, 0.6) is 0 Å². The van der Waals surface area contributed by atoms with Gasteiger partial charge in [0, 0.05) is 12.0 Å². The Balaban J connectivity index is 2.36. The Morgan fingerprint density at radius 2 is 2.06 bits per heavy atom. The lowest BCUT2D eigenvalue weighted by atomic mass is 10.0. The zero-order chi connectivity index (χ0) is 13.4. The molecule has 1 N–H and O–H groups in total. The fourth-order valence-electron chi connectivity index (χ4n) is 1.50. The van der Waals surface area contributed by atoms with Crippen LogP contribution in [0.15, 0.2) is 36.4 Å². The molecule has 0 aliphatic heterocycles. The summed E-state index contributed by atoms with van der Waals surface area (Å²) in [7, 11) is 0. The predicted molar refractivity (Wildman–Crippen MR) is 71.9 cm³/mol. The predicted octanol–water partition coefficient (Wildman–Crippen LogP) is 2.65. The summed E-state index contributed by atoms with van der Waals surface area (Å²) in [5, 5.41) is 9.54. The molecule has 0 heterocycles. The van der Waals surface area contributed by atoms with Crippen molar-refractivity contribution >= 4 is 12.0 Å². The molecule has 1 aromatic rings. The second kappa shape index (κ2) is 7.67. The van der Waals surface area contributed by atoms with Crippen molar-refractivity contribution in [1.82, 2.24) is 0 Å². The fourth-order valence-corrected chi connectivity index (χ4v) is 1.50. The van der Waals surface area contributed by atoms with Crippen LogP contribution in [0.2, 0.25) is 0 Å². The first-order valence-corrected chi connectivity index (χ1v) is 6.21. The summed E-state index contributed by atoms with van der Waals surface area (Å²) in [4.78, 5) is 11.4. The second-order valence-corrected chi connectivity index (χ2v) is 4.33. The molecule has 0 aliphatic carbocycles. The summed E-state index contributed by atoms with van der Waals surface area (Å²) in [5.41, 5.74) is 0.955. The summed E-state index contributed by atoms with van der Waals surface area (Å²) >= 11 is 0. The number of aliphatic hydroxyl groups is 1. The molecule has 0 fully saturated rings. The molecule has 18 heavy (non-hydrogen) atoms. The van der Waals surface area contributed by atoms with Crippen molar-refractivity contribution in [3.8, 4) is 0 Å². The van der Waals surface area contributed by atoms with Crippen molar-refractivity contribution in [2.45, 2.75) is 26.4 Å². The van der Waals surface area contributed by atoms with E-state index in [1.54, 1.807) is 6.08 Å². The molecule has 3 heteroatoms. The van der Waals surface area contributed by atoms with Crippen LogP contribution in [0.25, 0.3) is 6.08 Å². The molecule has 0 aliphatic rings. The first-order valence-electron chi connectivity index (χ1n) is 6.21. The highest BCUT2D eigenvalue weighted by Gasteiger charge is 2.13. The minimum Gasteiger partial charge on any atom is -0.462 e. The Labute approximate surface area is 108 Å². The number of benzene rings is 1. The molecule has 98 valence electrons. The van der Waals surface area contributed by atoms with E-state index < -0.39 is 6.10 Å². The highest BCUT2D eigenvalue weighted by molar-refractivity contribution is 5.87. The summed E-state index contributed by atoms with van der Waals surface area (Å²) < 4.78 is 5.06. The maximum absolute atomic E-state index is 11.4. The number of aliphatic hydroxyl groups excluding tert-OH is 1. The number of hydrogen-bond donors (Lipinski definition) is 1. The van der Waals surface area contributed by atoms with Crippen LogP contribution >= 0.6 is 0 Å². The van der Waals surface area contributed by atoms with E-state index in [0.29, 0.717) is 6.42 Å².